The highest BCUT2D eigenvalue weighted by molar-refractivity contribution is 9.10. The van der Waals surface area contributed by atoms with Crippen molar-refractivity contribution in [3.05, 3.63) is 40.7 Å². The van der Waals surface area contributed by atoms with Crippen molar-refractivity contribution >= 4 is 15.9 Å². The molecule has 0 saturated heterocycles. The van der Waals surface area contributed by atoms with Crippen LogP contribution in [0.3, 0.4) is 0 Å². The Morgan fingerprint density at radius 2 is 2.31 bits per heavy atom. The first kappa shape index (κ1) is 11.4. The molecule has 1 aromatic heterocycles. The van der Waals surface area contributed by atoms with Crippen LogP contribution < -0.4 is 5.32 Å². The lowest BCUT2D eigenvalue weighted by atomic mass is 10.2. The van der Waals surface area contributed by atoms with Crippen molar-refractivity contribution in [1.82, 2.24) is 10.3 Å². The number of likely N-dealkylation sites (N-methyl/N-ethyl adjacent to an activating group) is 1. The fourth-order valence-electron chi connectivity index (χ4n) is 1.43. The Kier molecular flexibility index (Phi) is 3.74. The molecule has 0 aliphatic carbocycles. The minimum atomic E-state index is 0.674. The monoisotopic (exact) mass is 280 g/mol. The number of nitrogens with one attached hydrogen (secondary N) is 1. The van der Waals surface area contributed by atoms with Crippen LogP contribution >= 0.6 is 15.9 Å². The summed E-state index contributed by atoms with van der Waals surface area (Å²) in [6.45, 7) is 0.907. The van der Waals surface area contributed by atoms with Crippen LogP contribution in [0.25, 0.3) is 11.5 Å². The summed E-state index contributed by atoms with van der Waals surface area (Å²) in [4.78, 5) is 4.43. The molecule has 1 N–H and O–H groups in total. The number of benzene rings is 1. The van der Waals surface area contributed by atoms with Crippen LogP contribution in [0.5, 0.6) is 0 Å². The minimum absolute atomic E-state index is 0.674. The van der Waals surface area contributed by atoms with Gasteiger partial charge in [0.1, 0.15) is 6.26 Å². The number of oxazole rings is 1. The van der Waals surface area contributed by atoms with Crippen molar-refractivity contribution in [3.63, 3.8) is 0 Å². The molecule has 0 atom stereocenters. The molecule has 0 spiro atoms. The highest BCUT2D eigenvalue weighted by Crippen LogP contribution is 2.22. The largest absolute Gasteiger partial charge is 0.444 e. The molecular weight excluding hydrogens is 268 g/mol. The zero-order chi connectivity index (χ0) is 11.4. The number of aromatic nitrogens is 1. The van der Waals surface area contributed by atoms with Gasteiger partial charge in [-0.05, 0) is 25.2 Å². The van der Waals surface area contributed by atoms with Gasteiger partial charge in [-0.25, -0.2) is 4.98 Å². The van der Waals surface area contributed by atoms with Crippen LogP contribution in [0.1, 0.15) is 5.69 Å². The molecule has 0 amide bonds. The maximum absolute atomic E-state index is 5.44. The van der Waals surface area contributed by atoms with E-state index in [9.17, 15) is 0 Å². The van der Waals surface area contributed by atoms with E-state index >= 15 is 0 Å². The molecule has 2 rings (SSSR count). The van der Waals surface area contributed by atoms with Crippen LogP contribution in [0, 0.1) is 0 Å². The fraction of sp³-hybridized carbons (Fsp3) is 0.250. The van der Waals surface area contributed by atoms with E-state index in [2.05, 4.69) is 26.2 Å². The van der Waals surface area contributed by atoms with E-state index in [-0.39, 0.29) is 0 Å². The molecule has 16 heavy (non-hydrogen) atoms. The first-order valence-electron chi connectivity index (χ1n) is 5.14. The van der Waals surface area contributed by atoms with Gasteiger partial charge >= 0.3 is 0 Å². The van der Waals surface area contributed by atoms with Gasteiger partial charge in [0.05, 0.1) is 5.69 Å². The van der Waals surface area contributed by atoms with E-state index in [1.165, 1.54) is 0 Å². The second-order valence-electron chi connectivity index (χ2n) is 3.51. The normalized spacial score (nSPS) is 10.6. The summed E-state index contributed by atoms with van der Waals surface area (Å²) in [5, 5.41) is 3.09. The zero-order valence-corrected chi connectivity index (χ0v) is 10.6. The van der Waals surface area contributed by atoms with E-state index < -0.39 is 0 Å². The average Bonchev–Trinajstić information content (AvgIpc) is 2.75. The molecule has 4 heteroatoms. The molecule has 2 aromatic rings. The molecule has 0 saturated carbocycles. The van der Waals surface area contributed by atoms with Crippen molar-refractivity contribution in [2.75, 3.05) is 13.6 Å². The van der Waals surface area contributed by atoms with Crippen LogP contribution in [0.4, 0.5) is 0 Å². The maximum Gasteiger partial charge on any atom is 0.226 e. The van der Waals surface area contributed by atoms with Gasteiger partial charge in [-0.15, -0.1) is 0 Å². The van der Waals surface area contributed by atoms with Crippen LogP contribution in [-0.4, -0.2) is 18.6 Å². The highest BCUT2D eigenvalue weighted by atomic mass is 79.9. The Balaban J connectivity index is 2.18. The Bertz CT molecular complexity index is 468. The second kappa shape index (κ2) is 5.27. The highest BCUT2D eigenvalue weighted by Gasteiger charge is 2.06. The smallest absolute Gasteiger partial charge is 0.226 e. The molecule has 0 unspecified atom stereocenters. The van der Waals surface area contributed by atoms with Crippen molar-refractivity contribution in [3.8, 4) is 11.5 Å². The van der Waals surface area contributed by atoms with E-state index in [0.29, 0.717) is 5.89 Å². The third-order valence-corrected chi connectivity index (χ3v) is 2.75. The van der Waals surface area contributed by atoms with Gasteiger partial charge in [-0.2, -0.15) is 0 Å². The second-order valence-corrected chi connectivity index (χ2v) is 4.42. The van der Waals surface area contributed by atoms with Gasteiger partial charge in [0.2, 0.25) is 5.89 Å². The third-order valence-electron chi connectivity index (χ3n) is 2.25. The lowest BCUT2D eigenvalue weighted by molar-refractivity contribution is 0.572. The number of halogens is 1. The average molecular weight is 281 g/mol. The summed E-state index contributed by atoms with van der Waals surface area (Å²) in [7, 11) is 1.93. The minimum Gasteiger partial charge on any atom is -0.444 e. The first-order chi connectivity index (χ1) is 7.79. The molecule has 3 nitrogen and oxygen atoms in total. The van der Waals surface area contributed by atoms with Gasteiger partial charge in [-0.3, -0.25) is 0 Å². The standard InChI is InChI=1S/C12H13BrN2O/c1-14-6-5-11-8-16-12(15-11)9-3-2-4-10(13)7-9/h2-4,7-8,14H,5-6H2,1H3. The van der Waals surface area contributed by atoms with Crippen molar-refractivity contribution in [2.45, 2.75) is 6.42 Å². The lowest BCUT2D eigenvalue weighted by Crippen LogP contribution is -2.10. The molecule has 1 heterocycles. The van der Waals surface area contributed by atoms with Gasteiger partial charge in [-0.1, -0.05) is 22.0 Å². The third kappa shape index (κ3) is 2.71. The molecule has 0 aliphatic heterocycles. The SMILES string of the molecule is CNCCc1coc(-c2cccc(Br)c2)n1. The van der Waals surface area contributed by atoms with Crippen molar-refractivity contribution < 1.29 is 4.42 Å². The molecular formula is C12H13BrN2O. The predicted octanol–water partition coefficient (Wildman–Crippen LogP) is 2.87. The fourth-order valence-corrected chi connectivity index (χ4v) is 1.83. The lowest BCUT2D eigenvalue weighted by Gasteiger charge is -1.95. The molecule has 1 aromatic carbocycles. The maximum atomic E-state index is 5.44. The van der Waals surface area contributed by atoms with E-state index in [0.717, 1.165) is 28.7 Å². The van der Waals surface area contributed by atoms with Gasteiger partial charge in [0.25, 0.3) is 0 Å². The quantitative estimate of drug-likeness (QED) is 0.936. The summed E-state index contributed by atoms with van der Waals surface area (Å²) in [5.41, 5.74) is 1.97. The van der Waals surface area contributed by atoms with Crippen LogP contribution in [0.2, 0.25) is 0 Å². The predicted molar refractivity (Wildman–Crippen MR) is 67.3 cm³/mol. The topological polar surface area (TPSA) is 38.1 Å². The van der Waals surface area contributed by atoms with Gasteiger partial charge in [0, 0.05) is 23.0 Å². The number of nitrogens with zero attached hydrogens (tertiary/aromatic N) is 1. The molecule has 0 radical (unpaired) electrons. The Hall–Kier alpha value is -1.13. The zero-order valence-electron chi connectivity index (χ0n) is 9.03. The number of hydrogen-bond donors (Lipinski definition) is 1. The van der Waals surface area contributed by atoms with Crippen molar-refractivity contribution in [2.24, 2.45) is 0 Å². The summed E-state index contributed by atoms with van der Waals surface area (Å²) in [6.07, 6.45) is 2.60. The van der Waals surface area contributed by atoms with Gasteiger partial charge < -0.3 is 9.73 Å². The molecule has 0 fully saturated rings. The Labute approximate surface area is 103 Å². The first-order valence-corrected chi connectivity index (χ1v) is 5.94. The number of hydrogen-bond acceptors (Lipinski definition) is 3. The number of rotatable bonds is 4. The molecule has 0 bridgehead atoms. The molecule has 0 aliphatic rings. The summed E-state index contributed by atoms with van der Waals surface area (Å²) in [6, 6.07) is 7.93. The van der Waals surface area contributed by atoms with E-state index in [4.69, 9.17) is 4.42 Å². The van der Waals surface area contributed by atoms with E-state index in [1.54, 1.807) is 6.26 Å². The van der Waals surface area contributed by atoms with Crippen LogP contribution in [0.15, 0.2) is 39.4 Å². The summed E-state index contributed by atoms with van der Waals surface area (Å²) < 4.78 is 6.47. The molecule has 84 valence electrons. The summed E-state index contributed by atoms with van der Waals surface area (Å²) in [5.74, 6) is 0.674. The van der Waals surface area contributed by atoms with Crippen molar-refractivity contribution in [1.29, 1.82) is 0 Å². The van der Waals surface area contributed by atoms with E-state index in [1.807, 2.05) is 31.3 Å². The van der Waals surface area contributed by atoms with Gasteiger partial charge in [0.15, 0.2) is 0 Å². The Morgan fingerprint density at radius 3 is 3.06 bits per heavy atom. The summed E-state index contributed by atoms with van der Waals surface area (Å²) >= 11 is 3.43. The Morgan fingerprint density at radius 1 is 1.44 bits per heavy atom. The van der Waals surface area contributed by atoms with Crippen LogP contribution in [-0.2, 0) is 6.42 Å².